The number of hydrogen-bond donors (Lipinski definition) is 2. The van der Waals surface area contributed by atoms with Crippen LogP contribution in [0.3, 0.4) is 0 Å². The lowest BCUT2D eigenvalue weighted by molar-refractivity contribution is 0.0855. The lowest BCUT2D eigenvalue weighted by Crippen LogP contribution is -2.58. The number of hydrogen-bond acceptors (Lipinski definition) is 4. The van der Waals surface area contributed by atoms with Crippen molar-refractivity contribution in [3.8, 4) is 5.75 Å². The van der Waals surface area contributed by atoms with Gasteiger partial charge in [-0.25, -0.2) is 0 Å². The third-order valence-corrected chi connectivity index (χ3v) is 4.71. The van der Waals surface area contributed by atoms with E-state index in [9.17, 15) is 5.11 Å². The molecule has 0 radical (unpaired) electrons. The Bertz CT molecular complexity index is 476. The Balaban J connectivity index is 1.74. The van der Waals surface area contributed by atoms with Crippen molar-refractivity contribution in [1.29, 1.82) is 0 Å². The number of ether oxygens (including phenoxy) is 1. The van der Waals surface area contributed by atoms with Crippen molar-refractivity contribution in [3.05, 3.63) is 29.8 Å². The zero-order chi connectivity index (χ0) is 14.7. The van der Waals surface area contributed by atoms with Gasteiger partial charge < -0.3 is 15.2 Å². The Kier molecular flexibility index (Phi) is 4.48. The van der Waals surface area contributed by atoms with Gasteiger partial charge in [-0.15, -0.1) is 0 Å². The molecule has 4 heteroatoms. The van der Waals surface area contributed by atoms with Crippen LogP contribution >= 0.6 is 0 Å². The van der Waals surface area contributed by atoms with Crippen LogP contribution in [-0.2, 0) is 6.54 Å². The van der Waals surface area contributed by atoms with E-state index in [1.54, 1.807) is 0 Å². The van der Waals surface area contributed by atoms with Crippen LogP contribution in [-0.4, -0.2) is 48.4 Å². The fourth-order valence-corrected chi connectivity index (χ4v) is 3.47. The number of fused-ring (bicyclic) bond motifs is 1. The van der Waals surface area contributed by atoms with E-state index in [0.29, 0.717) is 5.92 Å². The number of nitrogens with zero attached hydrogens (tertiary/aromatic N) is 1. The van der Waals surface area contributed by atoms with Crippen LogP contribution < -0.4 is 10.1 Å². The predicted octanol–water partition coefficient (Wildman–Crippen LogP) is 1.63. The fourth-order valence-electron chi connectivity index (χ4n) is 3.47. The van der Waals surface area contributed by atoms with Crippen molar-refractivity contribution in [3.63, 3.8) is 0 Å². The van der Waals surface area contributed by atoms with Gasteiger partial charge in [0.2, 0.25) is 0 Å². The standard InChI is InChI=1S/C17H26N2O2/c1-2-18-17(13-20,15-7-8-15)12-19-9-10-21-16-6-4-3-5-14(16)11-19/h3-6,15,18,20H,2,7-13H2,1H3. The highest BCUT2D eigenvalue weighted by Crippen LogP contribution is 2.40. The highest BCUT2D eigenvalue weighted by Gasteiger charge is 2.45. The second-order valence-corrected chi connectivity index (χ2v) is 6.29. The smallest absolute Gasteiger partial charge is 0.123 e. The van der Waals surface area contributed by atoms with E-state index in [1.165, 1.54) is 18.4 Å². The van der Waals surface area contributed by atoms with E-state index >= 15 is 0 Å². The quantitative estimate of drug-likeness (QED) is 0.836. The number of aliphatic hydroxyl groups is 1. The molecule has 1 fully saturated rings. The van der Waals surface area contributed by atoms with Crippen molar-refractivity contribution in [2.75, 3.05) is 32.8 Å². The Hall–Kier alpha value is -1.10. The Morgan fingerprint density at radius 3 is 2.90 bits per heavy atom. The minimum atomic E-state index is -0.145. The van der Waals surface area contributed by atoms with Crippen LogP contribution in [0, 0.1) is 5.92 Å². The average molecular weight is 290 g/mol. The molecule has 1 aromatic rings. The molecule has 0 spiro atoms. The van der Waals surface area contributed by atoms with Crippen LogP contribution in [0.1, 0.15) is 25.3 Å². The maximum Gasteiger partial charge on any atom is 0.123 e. The number of para-hydroxylation sites is 1. The molecule has 2 aliphatic rings. The van der Waals surface area contributed by atoms with Gasteiger partial charge in [0.25, 0.3) is 0 Å². The molecule has 0 amide bonds. The molecule has 1 aliphatic carbocycles. The maximum absolute atomic E-state index is 9.99. The number of benzene rings is 1. The summed E-state index contributed by atoms with van der Waals surface area (Å²) in [6, 6.07) is 8.27. The molecule has 116 valence electrons. The molecule has 1 saturated carbocycles. The van der Waals surface area contributed by atoms with Gasteiger partial charge in [0.05, 0.1) is 12.1 Å². The molecular weight excluding hydrogens is 264 g/mol. The molecule has 2 N–H and O–H groups in total. The normalized spacial score (nSPS) is 22.0. The summed E-state index contributed by atoms with van der Waals surface area (Å²) in [5.41, 5.74) is 1.10. The largest absolute Gasteiger partial charge is 0.492 e. The zero-order valence-corrected chi connectivity index (χ0v) is 12.8. The first-order chi connectivity index (χ1) is 10.3. The van der Waals surface area contributed by atoms with Crippen LogP contribution in [0.4, 0.5) is 0 Å². The van der Waals surface area contributed by atoms with E-state index < -0.39 is 0 Å². The van der Waals surface area contributed by atoms with E-state index in [2.05, 4.69) is 29.3 Å². The summed E-state index contributed by atoms with van der Waals surface area (Å²) >= 11 is 0. The highest BCUT2D eigenvalue weighted by molar-refractivity contribution is 5.33. The summed E-state index contributed by atoms with van der Waals surface area (Å²) in [4.78, 5) is 2.42. The summed E-state index contributed by atoms with van der Waals surface area (Å²) in [6.07, 6.45) is 2.46. The first-order valence-corrected chi connectivity index (χ1v) is 8.06. The number of likely N-dealkylation sites (N-methyl/N-ethyl adjacent to an activating group) is 1. The fraction of sp³-hybridized carbons (Fsp3) is 0.647. The van der Waals surface area contributed by atoms with Crippen molar-refractivity contribution < 1.29 is 9.84 Å². The lowest BCUT2D eigenvalue weighted by Gasteiger charge is -2.37. The lowest BCUT2D eigenvalue weighted by atomic mass is 9.93. The molecule has 0 bridgehead atoms. The summed E-state index contributed by atoms with van der Waals surface area (Å²) < 4.78 is 5.84. The first-order valence-electron chi connectivity index (χ1n) is 8.06. The minimum Gasteiger partial charge on any atom is -0.492 e. The molecule has 0 saturated heterocycles. The summed E-state index contributed by atoms with van der Waals surface area (Å²) in [6.45, 7) is 6.65. The molecule has 1 atom stereocenters. The number of aliphatic hydroxyl groups excluding tert-OH is 1. The number of rotatable bonds is 6. The molecule has 1 unspecified atom stereocenters. The summed E-state index contributed by atoms with van der Waals surface area (Å²) in [5, 5.41) is 13.6. The topological polar surface area (TPSA) is 44.7 Å². The van der Waals surface area contributed by atoms with Gasteiger partial charge in [-0.3, -0.25) is 4.90 Å². The third-order valence-electron chi connectivity index (χ3n) is 4.71. The molecule has 1 aromatic carbocycles. The second-order valence-electron chi connectivity index (χ2n) is 6.29. The van der Waals surface area contributed by atoms with E-state index in [4.69, 9.17) is 4.74 Å². The SMILES string of the molecule is CCNC(CO)(CN1CCOc2ccccc2C1)C1CC1. The molecule has 4 nitrogen and oxygen atoms in total. The maximum atomic E-state index is 9.99. The average Bonchev–Trinajstić information content (AvgIpc) is 3.33. The zero-order valence-electron chi connectivity index (χ0n) is 12.8. The molecule has 3 rings (SSSR count). The molecule has 0 aromatic heterocycles. The predicted molar refractivity (Wildman–Crippen MR) is 83.4 cm³/mol. The van der Waals surface area contributed by atoms with Crippen molar-refractivity contribution in [1.82, 2.24) is 10.2 Å². The molecule has 21 heavy (non-hydrogen) atoms. The molecular formula is C17H26N2O2. The monoisotopic (exact) mass is 290 g/mol. The van der Waals surface area contributed by atoms with Gasteiger partial charge in [0, 0.05) is 25.2 Å². The molecule has 1 heterocycles. The van der Waals surface area contributed by atoms with Gasteiger partial charge in [0.15, 0.2) is 0 Å². The van der Waals surface area contributed by atoms with Crippen LogP contribution in [0.2, 0.25) is 0 Å². The van der Waals surface area contributed by atoms with Crippen molar-refractivity contribution in [2.24, 2.45) is 5.92 Å². The summed E-state index contributed by atoms with van der Waals surface area (Å²) in [7, 11) is 0. The van der Waals surface area contributed by atoms with Gasteiger partial charge >= 0.3 is 0 Å². The molecule has 1 aliphatic heterocycles. The Morgan fingerprint density at radius 2 is 2.19 bits per heavy atom. The second kappa shape index (κ2) is 6.34. The van der Waals surface area contributed by atoms with E-state index in [-0.39, 0.29) is 12.1 Å². The van der Waals surface area contributed by atoms with Crippen LogP contribution in [0.15, 0.2) is 24.3 Å². The van der Waals surface area contributed by atoms with Gasteiger partial charge in [-0.1, -0.05) is 25.1 Å². The van der Waals surface area contributed by atoms with Crippen LogP contribution in [0.25, 0.3) is 0 Å². The highest BCUT2D eigenvalue weighted by atomic mass is 16.5. The van der Waals surface area contributed by atoms with Crippen molar-refractivity contribution in [2.45, 2.75) is 31.8 Å². The van der Waals surface area contributed by atoms with Gasteiger partial charge in [0.1, 0.15) is 12.4 Å². The van der Waals surface area contributed by atoms with Gasteiger partial charge in [-0.2, -0.15) is 0 Å². The first kappa shape index (κ1) is 14.8. The Labute approximate surface area is 127 Å². The Morgan fingerprint density at radius 1 is 1.38 bits per heavy atom. The summed E-state index contributed by atoms with van der Waals surface area (Å²) in [5.74, 6) is 1.62. The van der Waals surface area contributed by atoms with E-state index in [0.717, 1.165) is 38.5 Å². The number of nitrogens with one attached hydrogen (secondary N) is 1. The van der Waals surface area contributed by atoms with E-state index in [1.807, 2.05) is 12.1 Å². The third kappa shape index (κ3) is 3.23. The van der Waals surface area contributed by atoms with Crippen LogP contribution in [0.5, 0.6) is 5.75 Å². The van der Waals surface area contributed by atoms with Crippen molar-refractivity contribution >= 4 is 0 Å². The minimum absolute atomic E-state index is 0.145. The van der Waals surface area contributed by atoms with Gasteiger partial charge in [-0.05, 0) is 31.4 Å².